The molecule has 3 heterocycles. The van der Waals surface area contributed by atoms with E-state index in [-0.39, 0.29) is 30.0 Å². The van der Waals surface area contributed by atoms with Crippen LogP contribution in [-0.4, -0.2) is 82.4 Å². The molecule has 226 valence electrons. The lowest BCUT2D eigenvalue weighted by Crippen LogP contribution is -2.48. The summed E-state index contributed by atoms with van der Waals surface area (Å²) in [5.41, 5.74) is 10.2. The molecule has 2 amide bonds. The number of aromatic amines is 1. The van der Waals surface area contributed by atoms with Crippen LogP contribution < -0.4 is 11.4 Å². The number of carbonyl (C=O) groups excluding carboxylic acids is 2. The zero-order valence-electron chi connectivity index (χ0n) is 24.9. The van der Waals surface area contributed by atoms with Crippen LogP contribution in [0.2, 0.25) is 5.02 Å². The van der Waals surface area contributed by atoms with E-state index >= 15 is 0 Å². The molecule has 9 nitrogen and oxygen atoms in total. The highest BCUT2D eigenvalue weighted by Gasteiger charge is 2.33. The van der Waals surface area contributed by atoms with Crippen LogP contribution in [0.25, 0.3) is 11.0 Å². The largest absolute Gasteiger partial charge is 0.397 e. The van der Waals surface area contributed by atoms with E-state index in [1.165, 1.54) is 0 Å². The predicted molar refractivity (Wildman–Crippen MR) is 168 cm³/mol. The van der Waals surface area contributed by atoms with Gasteiger partial charge in [-0.3, -0.25) is 14.2 Å². The van der Waals surface area contributed by atoms with Gasteiger partial charge in [-0.15, -0.1) is 0 Å². The lowest BCUT2D eigenvalue weighted by atomic mass is 9.91. The first-order valence-corrected chi connectivity index (χ1v) is 15.5. The van der Waals surface area contributed by atoms with Crippen molar-refractivity contribution in [2.75, 3.05) is 46.0 Å². The third-order valence-corrected chi connectivity index (χ3v) is 9.53. The molecular weight excluding hydrogens is 552 g/mol. The van der Waals surface area contributed by atoms with Crippen molar-refractivity contribution in [3.63, 3.8) is 0 Å². The average Bonchev–Trinajstić information content (AvgIpc) is 3.33. The number of hydrogen-bond donors (Lipinski definition) is 2. The minimum absolute atomic E-state index is 0.0153. The molecule has 3 aromatic rings. The van der Waals surface area contributed by atoms with Crippen molar-refractivity contribution in [1.29, 1.82) is 0 Å². The van der Waals surface area contributed by atoms with Crippen molar-refractivity contribution in [1.82, 2.24) is 24.3 Å². The molecule has 0 saturated carbocycles. The Balaban J connectivity index is 1.29. The van der Waals surface area contributed by atoms with E-state index in [9.17, 15) is 14.4 Å². The summed E-state index contributed by atoms with van der Waals surface area (Å²) in [6.07, 6.45) is 4.56. The van der Waals surface area contributed by atoms with Gasteiger partial charge in [-0.2, -0.15) is 0 Å². The van der Waals surface area contributed by atoms with E-state index in [0.29, 0.717) is 62.2 Å². The molecule has 10 heteroatoms. The smallest absolute Gasteiger partial charge is 0.326 e. The van der Waals surface area contributed by atoms with Crippen molar-refractivity contribution >= 4 is 40.1 Å². The number of benzene rings is 2. The standard InChI is InChI=1S/C32H43ClN6O3/c1-4-22-17-21(19-26(33)30(22)34)18-23(31(41)38-15-9-24(10-16-38)36(2)3)20-29(40)37-13-11-25(12-14-37)39-28-8-6-5-7-27(28)35-32(39)42/h5-8,17,19,23-25H,4,9-16,18,20,34H2,1-3H3,(H,35,42)/t23-/m0/s1. The summed E-state index contributed by atoms with van der Waals surface area (Å²) in [5.74, 6) is -0.461. The number of carbonyl (C=O) groups is 2. The number of hydrogen-bond acceptors (Lipinski definition) is 5. The maximum atomic E-state index is 13.9. The Kier molecular flexibility index (Phi) is 9.28. The lowest BCUT2D eigenvalue weighted by molar-refractivity contribution is -0.142. The molecule has 1 atom stereocenters. The summed E-state index contributed by atoms with van der Waals surface area (Å²) in [4.78, 5) is 49.3. The molecule has 0 aliphatic carbocycles. The number of fused-ring (bicyclic) bond motifs is 1. The monoisotopic (exact) mass is 594 g/mol. The van der Waals surface area contributed by atoms with Gasteiger partial charge in [0, 0.05) is 44.7 Å². The molecule has 5 rings (SSSR count). The lowest BCUT2D eigenvalue weighted by Gasteiger charge is -2.37. The summed E-state index contributed by atoms with van der Waals surface area (Å²) in [6, 6.07) is 12.0. The van der Waals surface area contributed by atoms with E-state index < -0.39 is 5.92 Å². The van der Waals surface area contributed by atoms with Gasteiger partial charge < -0.3 is 25.4 Å². The van der Waals surface area contributed by atoms with Gasteiger partial charge in [-0.05, 0) is 81.9 Å². The second-order valence-corrected chi connectivity index (χ2v) is 12.5. The Morgan fingerprint density at radius 2 is 1.71 bits per heavy atom. The van der Waals surface area contributed by atoms with E-state index in [4.69, 9.17) is 17.3 Å². The fraction of sp³-hybridized carbons (Fsp3) is 0.531. The third-order valence-electron chi connectivity index (χ3n) is 9.22. The van der Waals surface area contributed by atoms with Crippen LogP contribution in [0.15, 0.2) is 41.2 Å². The highest BCUT2D eigenvalue weighted by Crippen LogP contribution is 2.30. The second-order valence-electron chi connectivity index (χ2n) is 12.1. The van der Waals surface area contributed by atoms with Gasteiger partial charge in [0.15, 0.2) is 0 Å². The van der Waals surface area contributed by atoms with E-state index in [1.807, 2.05) is 57.7 Å². The third kappa shape index (κ3) is 6.37. The first kappa shape index (κ1) is 30.2. The maximum absolute atomic E-state index is 13.9. The molecule has 2 aromatic carbocycles. The number of halogens is 1. The fourth-order valence-corrected chi connectivity index (χ4v) is 6.95. The fourth-order valence-electron chi connectivity index (χ4n) is 6.69. The molecule has 2 saturated heterocycles. The molecule has 0 radical (unpaired) electrons. The zero-order chi connectivity index (χ0) is 30.0. The SMILES string of the molecule is CCc1cc(C[C@@H](CC(=O)N2CCC(n3c(=O)[nH]c4ccccc43)CC2)C(=O)N2CCC(N(C)C)CC2)cc(Cl)c1N. The van der Waals surface area contributed by atoms with E-state index in [0.717, 1.165) is 41.4 Å². The topological polar surface area (TPSA) is 108 Å². The number of H-pyrrole nitrogens is 1. The first-order chi connectivity index (χ1) is 20.2. The number of nitrogens with zero attached hydrogens (tertiary/aromatic N) is 4. The number of anilines is 1. The van der Waals surface area contributed by atoms with Gasteiger partial charge in [0.05, 0.1) is 27.7 Å². The number of aromatic nitrogens is 2. The number of amides is 2. The first-order valence-electron chi connectivity index (χ1n) is 15.1. The molecule has 3 N–H and O–H groups in total. The van der Waals surface area contributed by atoms with Gasteiger partial charge in [0.25, 0.3) is 0 Å². The van der Waals surface area contributed by atoms with Crippen LogP contribution in [0, 0.1) is 5.92 Å². The summed E-state index contributed by atoms with van der Waals surface area (Å²) in [6.45, 7) is 4.52. The number of nitrogens with two attached hydrogens (primary N) is 1. The highest BCUT2D eigenvalue weighted by molar-refractivity contribution is 6.33. The summed E-state index contributed by atoms with van der Waals surface area (Å²) in [5, 5.41) is 0.489. The van der Waals surface area contributed by atoms with Gasteiger partial charge in [-0.1, -0.05) is 36.7 Å². The van der Waals surface area contributed by atoms with Crippen molar-refractivity contribution in [3.05, 3.63) is 63.0 Å². The van der Waals surface area contributed by atoms with Gasteiger partial charge in [0.1, 0.15) is 0 Å². The Labute approximate surface area is 252 Å². The Bertz CT molecular complexity index is 1480. The predicted octanol–water partition coefficient (Wildman–Crippen LogP) is 4.09. The van der Waals surface area contributed by atoms with Crippen LogP contribution in [0.3, 0.4) is 0 Å². The molecule has 1 aromatic heterocycles. The van der Waals surface area contributed by atoms with Crippen LogP contribution in [-0.2, 0) is 22.4 Å². The van der Waals surface area contributed by atoms with Crippen molar-refractivity contribution in [2.45, 2.75) is 64.0 Å². The van der Waals surface area contributed by atoms with Crippen LogP contribution in [0.4, 0.5) is 5.69 Å². The minimum atomic E-state index is -0.480. The molecule has 0 spiro atoms. The summed E-state index contributed by atoms with van der Waals surface area (Å²) < 4.78 is 1.83. The number of nitrogens with one attached hydrogen (secondary N) is 1. The van der Waals surface area contributed by atoms with Crippen LogP contribution in [0.5, 0.6) is 0 Å². The van der Waals surface area contributed by atoms with Gasteiger partial charge >= 0.3 is 5.69 Å². The quantitative estimate of drug-likeness (QED) is 0.382. The molecule has 42 heavy (non-hydrogen) atoms. The van der Waals surface area contributed by atoms with Crippen LogP contribution in [0.1, 0.15) is 56.2 Å². The number of likely N-dealkylation sites (tertiary alicyclic amines) is 2. The average molecular weight is 595 g/mol. The molecule has 0 bridgehead atoms. The minimum Gasteiger partial charge on any atom is -0.397 e. The molecular formula is C32H43ClN6O3. The Hall–Kier alpha value is -3.30. The molecule has 2 aliphatic rings. The number of rotatable bonds is 8. The zero-order valence-corrected chi connectivity index (χ0v) is 25.7. The Morgan fingerprint density at radius 3 is 2.38 bits per heavy atom. The number of aryl methyl sites for hydroxylation is 1. The summed E-state index contributed by atoms with van der Waals surface area (Å²) >= 11 is 6.46. The van der Waals surface area contributed by atoms with Gasteiger partial charge in [-0.25, -0.2) is 4.79 Å². The van der Waals surface area contributed by atoms with Crippen molar-refractivity contribution < 1.29 is 9.59 Å². The van der Waals surface area contributed by atoms with E-state index in [1.54, 1.807) is 0 Å². The molecule has 2 aliphatic heterocycles. The number of para-hydroxylation sites is 2. The number of nitrogen functional groups attached to an aromatic ring is 1. The number of piperidine rings is 2. The van der Waals surface area contributed by atoms with Crippen molar-refractivity contribution in [3.8, 4) is 0 Å². The number of imidazole rings is 1. The molecule has 2 fully saturated rings. The van der Waals surface area contributed by atoms with E-state index in [2.05, 4.69) is 24.0 Å². The second kappa shape index (κ2) is 12.9. The van der Waals surface area contributed by atoms with Crippen LogP contribution >= 0.6 is 11.6 Å². The normalized spacial score (nSPS) is 17.7. The Morgan fingerprint density at radius 1 is 1.05 bits per heavy atom. The van der Waals surface area contributed by atoms with Gasteiger partial charge in [0.2, 0.25) is 11.8 Å². The highest BCUT2D eigenvalue weighted by atomic mass is 35.5. The molecule has 0 unspecified atom stereocenters. The summed E-state index contributed by atoms with van der Waals surface area (Å²) in [7, 11) is 4.16. The maximum Gasteiger partial charge on any atom is 0.326 e. The van der Waals surface area contributed by atoms with Crippen molar-refractivity contribution in [2.24, 2.45) is 5.92 Å².